The Balaban J connectivity index is 2.18. The van der Waals surface area contributed by atoms with E-state index in [0.29, 0.717) is 11.6 Å². The van der Waals surface area contributed by atoms with E-state index in [0.717, 1.165) is 32.2 Å². The van der Waals surface area contributed by atoms with Gasteiger partial charge in [-0.25, -0.2) is 13.6 Å². The zero-order valence-corrected chi connectivity index (χ0v) is 13.1. The number of likely N-dealkylation sites (tertiary alicyclic amines) is 1. The third-order valence-corrected chi connectivity index (χ3v) is 4.87. The molecule has 1 saturated heterocycles. The fourth-order valence-electron chi connectivity index (χ4n) is 2.85. The molecule has 5 nitrogen and oxygen atoms in total. The van der Waals surface area contributed by atoms with Gasteiger partial charge in [0.25, 0.3) is 5.91 Å². The molecule has 1 atom stereocenters. The minimum absolute atomic E-state index is 0.0193. The fourth-order valence-corrected chi connectivity index (χ4v) is 3.37. The second-order valence-corrected chi connectivity index (χ2v) is 7.07. The molecule has 1 amide bonds. The van der Waals surface area contributed by atoms with E-state index in [1.807, 2.05) is 4.90 Å². The van der Waals surface area contributed by atoms with Crippen molar-refractivity contribution in [1.82, 2.24) is 4.90 Å². The first-order valence-electron chi connectivity index (χ1n) is 7.37. The maximum atomic E-state index is 12.6. The van der Waals surface area contributed by atoms with Crippen molar-refractivity contribution in [2.24, 2.45) is 5.14 Å². The summed E-state index contributed by atoms with van der Waals surface area (Å²) in [5, 5.41) is 5.06. The molecule has 0 bridgehead atoms. The lowest BCUT2D eigenvalue weighted by molar-refractivity contribution is 0.0600. The van der Waals surface area contributed by atoms with Crippen LogP contribution in [0.2, 0.25) is 0 Å². The molecule has 0 radical (unpaired) electrons. The Morgan fingerprint density at radius 2 is 1.95 bits per heavy atom. The van der Waals surface area contributed by atoms with Gasteiger partial charge in [0, 0.05) is 18.2 Å². The van der Waals surface area contributed by atoms with Gasteiger partial charge in [0.15, 0.2) is 0 Å². The standard InChI is InChI=1S/C15H22N2O3S/c1-2-5-13-6-3-4-11-17(13)15(18)12-7-9-14(10-8-12)21(16,19)20/h7-10,13H,2-6,11H2,1H3,(H2,16,19,20). The first kappa shape index (κ1) is 16.0. The highest BCUT2D eigenvalue weighted by Gasteiger charge is 2.26. The molecule has 2 rings (SSSR count). The van der Waals surface area contributed by atoms with E-state index >= 15 is 0 Å². The molecule has 21 heavy (non-hydrogen) atoms. The quantitative estimate of drug-likeness (QED) is 0.925. The number of nitrogens with two attached hydrogens (primary N) is 1. The highest BCUT2D eigenvalue weighted by Crippen LogP contribution is 2.23. The summed E-state index contributed by atoms with van der Waals surface area (Å²) in [5.74, 6) is -0.0193. The lowest BCUT2D eigenvalue weighted by atomic mass is 9.97. The number of hydrogen-bond acceptors (Lipinski definition) is 3. The molecule has 1 aromatic rings. The fraction of sp³-hybridized carbons (Fsp3) is 0.533. The van der Waals surface area contributed by atoms with Crippen molar-refractivity contribution in [3.05, 3.63) is 29.8 Å². The normalized spacial score (nSPS) is 19.5. The number of benzene rings is 1. The predicted molar refractivity (Wildman–Crippen MR) is 81.4 cm³/mol. The average molecular weight is 310 g/mol. The van der Waals surface area contributed by atoms with Gasteiger partial charge in [0.05, 0.1) is 4.90 Å². The maximum Gasteiger partial charge on any atom is 0.254 e. The summed E-state index contributed by atoms with van der Waals surface area (Å²) < 4.78 is 22.5. The van der Waals surface area contributed by atoms with Gasteiger partial charge in [-0.1, -0.05) is 13.3 Å². The molecule has 1 aliphatic rings. The second kappa shape index (κ2) is 6.58. The molecular weight excluding hydrogens is 288 g/mol. The Morgan fingerprint density at radius 3 is 2.52 bits per heavy atom. The van der Waals surface area contributed by atoms with Crippen LogP contribution in [0.3, 0.4) is 0 Å². The number of amides is 1. The van der Waals surface area contributed by atoms with E-state index in [1.54, 1.807) is 12.1 Å². The smallest absolute Gasteiger partial charge is 0.254 e. The van der Waals surface area contributed by atoms with Crippen molar-refractivity contribution in [2.45, 2.75) is 50.0 Å². The maximum absolute atomic E-state index is 12.6. The molecule has 0 aliphatic carbocycles. The van der Waals surface area contributed by atoms with Crippen molar-refractivity contribution in [2.75, 3.05) is 6.54 Å². The molecular formula is C15H22N2O3S. The van der Waals surface area contributed by atoms with Crippen LogP contribution in [0.15, 0.2) is 29.2 Å². The Hall–Kier alpha value is -1.40. The first-order valence-corrected chi connectivity index (χ1v) is 8.92. The highest BCUT2D eigenvalue weighted by atomic mass is 32.2. The zero-order valence-electron chi connectivity index (χ0n) is 12.3. The van der Waals surface area contributed by atoms with E-state index in [1.165, 1.54) is 18.6 Å². The van der Waals surface area contributed by atoms with Crippen molar-refractivity contribution in [1.29, 1.82) is 0 Å². The summed E-state index contributed by atoms with van der Waals surface area (Å²) in [4.78, 5) is 14.6. The van der Waals surface area contributed by atoms with Crippen LogP contribution >= 0.6 is 0 Å². The number of nitrogens with zero attached hydrogens (tertiary/aromatic N) is 1. The molecule has 0 saturated carbocycles. The lowest BCUT2D eigenvalue weighted by Crippen LogP contribution is -2.43. The van der Waals surface area contributed by atoms with Crippen LogP contribution < -0.4 is 5.14 Å². The third kappa shape index (κ3) is 3.83. The molecule has 1 aromatic carbocycles. The molecule has 1 fully saturated rings. The number of piperidine rings is 1. The summed E-state index contributed by atoms with van der Waals surface area (Å²) in [6.45, 7) is 2.90. The molecule has 1 unspecified atom stereocenters. The Kier molecular flexibility index (Phi) is 5.00. The van der Waals surface area contributed by atoms with Crippen LogP contribution in [0, 0.1) is 0 Å². The lowest BCUT2D eigenvalue weighted by Gasteiger charge is -2.36. The monoisotopic (exact) mass is 310 g/mol. The summed E-state index contributed by atoms with van der Waals surface area (Å²) in [5.41, 5.74) is 0.519. The van der Waals surface area contributed by atoms with Gasteiger partial charge in [0.1, 0.15) is 0 Å². The van der Waals surface area contributed by atoms with E-state index in [-0.39, 0.29) is 10.8 Å². The Labute approximate surface area is 126 Å². The first-order chi connectivity index (χ1) is 9.93. The van der Waals surface area contributed by atoms with Gasteiger partial charge in [-0.2, -0.15) is 0 Å². The molecule has 0 aromatic heterocycles. The summed E-state index contributed by atoms with van der Waals surface area (Å²) in [6.07, 6.45) is 5.31. The van der Waals surface area contributed by atoms with Crippen LogP contribution in [0.1, 0.15) is 49.4 Å². The number of sulfonamides is 1. The molecule has 1 aliphatic heterocycles. The van der Waals surface area contributed by atoms with Crippen LogP contribution in [-0.4, -0.2) is 31.8 Å². The Bertz CT molecular complexity index is 594. The van der Waals surface area contributed by atoms with Crippen LogP contribution in [-0.2, 0) is 10.0 Å². The topological polar surface area (TPSA) is 80.5 Å². The van der Waals surface area contributed by atoms with E-state index < -0.39 is 10.0 Å². The number of hydrogen-bond donors (Lipinski definition) is 1. The van der Waals surface area contributed by atoms with Crippen molar-refractivity contribution in [3.8, 4) is 0 Å². The van der Waals surface area contributed by atoms with Crippen LogP contribution in [0.4, 0.5) is 0 Å². The second-order valence-electron chi connectivity index (χ2n) is 5.51. The summed E-state index contributed by atoms with van der Waals surface area (Å²) in [7, 11) is -3.71. The molecule has 6 heteroatoms. The van der Waals surface area contributed by atoms with Crippen molar-refractivity contribution >= 4 is 15.9 Å². The van der Waals surface area contributed by atoms with E-state index in [4.69, 9.17) is 5.14 Å². The zero-order chi connectivity index (χ0) is 15.5. The average Bonchev–Trinajstić information content (AvgIpc) is 2.47. The van der Waals surface area contributed by atoms with Gasteiger partial charge >= 0.3 is 0 Å². The van der Waals surface area contributed by atoms with Crippen molar-refractivity contribution in [3.63, 3.8) is 0 Å². The number of primary sulfonamides is 1. The minimum atomic E-state index is -3.71. The number of rotatable bonds is 4. The van der Waals surface area contributed by atoms with Crippen molar-refractivity contribution < 1.29 is 13.2 Å². The SMILES string of the molecule is CCCC1CCCCN1C(=O)c1ccc(S(N)(=O)=O)cc1. The van der Waals surface area contributed by atoms with E-state index in [9.17, 15) is 13.2 Å². The summed E-state index contributed by atoms with van der Waals surface area (Å²) in [6, 6.07) is 6.16. The minimum Gasteiger partial charge on any atom is -0.336 e. The van der Waals surface area contributed by atoms with Gasteiger partial charge in [-0.15, -0.1) is 0 Å². The predicted octanol–water partition coefficient (Wildman–Crippen LogP) is 2.13. The molecule has 0 spiro atoms. The number of carbonyl (C=O) groups excluding carboxylic acids is 1. The van der Waals surface area contributed by atoms with Crippen LogP contribution in [0.5, 0.6) is 0 Å². The molecule has 1 heterocycles. The van der Waals surface area contributed by atoms with Gasteiger partial charge in [-0.3, -0.25) is 4.79 Å². The number of carbonyl (C=O) groups is 1. The van der Waals surface area contributed by atoms with Crippen LogP contribution in [0.25, 0.3) is 0 Å². The highest BCUT2D eigenvalue weighted by molar-refractivity contribution is 7.89. The largest absolute Gasteiger partial charge is 0.336 e. The molecule has 2 N–H and O–H groups in total. The van der Waals surface area contributed by atoms with Gasteiger partial charge in [-0.05, 0) is 49.9 Å². The Morgan fingerprint density at radius 1 is 1.29 bits per heavy atom. The third-order valence-electron chi connectivity index (χ3n) is 3.94. The van der Waals surface area contributed by atoms with Gasteiger partial charge in [0.2, 0.25) is 10.0 Å². The van der Waals surface area contributed by atoms with E-state index in [2.05, 4.69) is 6.92 Å². The summed E-state index contributed by atoms with van der Waals surface area (Å²) >= 11 is 0. The molecule has 116 valence electrons. The van der Waals surface area contributed by atoms with Gasteiger partial charge < -0.3 is 4.90 Å².